The van der Waals surface area contributed by atoms with Crippen molar-refractivity contribution in [2.75, 3.05) is 0 Å². The highest BCUT2D eigenvalue weighted by Crippen LogP contribution is 2.55. The minimum atomic E-state index is 0.486. The zero-order chi connectivity index (χ0) is 7.84. The second-order valence-corrected chi connectivity index (χ2v) is 4.06. The van der Waals surface area contributed by atoms with Gasteiger partial charge >= 0.3 is 0 Å². The van der Waals surface area contributed by atoms with E-state index in [4.69, 9.17) is 0 Å². The quantitative estimate of drug-likeness (QED) is 0.607. The Labute approximate surface area is 68.2 Å². The molecule has 0 radical (unpaired) electrons. The van der Waals surface area contributed by atoms with Gasteiger partial charge < -0.3 is 0 Å². The van der Waals surface area contributed by atoms with Crippen LogP contribution in [0, 0.1) is 17.8 Å². The summed E-state index contributed by atoms with van der Waals surface area (Å²) in [7, 11) is 0. The van der Waals surface area contributed by atoms with Crippen LogP contribution >= 0.6 is 0 Å². The van der Waals surface area contributed by atoms with Gasteiger partial charge in [-0.1, -0.05) is 6.92 Å². The molecule has 0 heterocycles. The van der Waals surface area contributed by atoms with Gasteiger partial charge in [0.2, 0.25) is 0 Å². The predicted octanol–water partition coefficient (Wildman–Crippen LogP) is 2.40. The van der Waals surface area contributed by atoms with Crippen LogP contribution in [-0.2, 0) is 4.79 Å². The zero-order valence-electron chi connectivity index (χ0n) is 7.18. The molecule has 2 rings (SSSR count). The van der Waals surface area contributed by atoms with Crippen molar-refractivity contribution in [1.29, 1.82) is 0 Å². The van der Waals surface area contributed by atoms with Gasteiger partial charge in [0.15, 0.2) is 0 Å². The van der Waals surface area contributed by atoms with Crippen LogP contribution in [0.5, 0.6) is 0 Å². The van der Waals surface area contributed by atoms with E-state index in [0.717, 1.165) is 24.7 Å². The maximum absolute atomic E-state index is 11.5. The topological polar surface area (TPSA) is 17.1 Å². The molecular formula is C10H16O. The molecule has 1 heteroatoms. The lowest BCUT2D eigenvalue weighted by molar-refractivity contribution is -0.123. The Kier molecular flexibility index (Phi) is 1.74. The second-order valence-electron chi connectivity index (χ2n) is 4.06. The number of Topliss-reactive ketones (excluding diaryl/α,β-unsaturated/α-hetero) is 1. The van der Waals surface area contributed by atoms with E-state index in [1.807, 2.05) is 0 Å². The molecule has 3 atom stereocenters. The summed E-state index contributed by atoms with van der Waals surface area (Å²) in [4.78, 5) is 11.5. The van der Waals surface area contributed by atoms with Crippen LogP contribution in [0.2, 0.25) is 0 Å². The second kappa shape index (κ2) is 2.62. The Morgan fingerprint density at radius 1 is 1.45 bits per heavy atom. The van der Waals surface area contributed by atoms with Crippen LogP contribution in [0.4, 0.5) is 0 Å². The molecule has 2 aliphatic rings. The van der Waals surface area contributed by atoms with Crippen LogP contribution in [0.15, 0.2) is 0 Å². The maximum atomic E-state index is 11.5. The Balaban J connectivity index is 1.89. The number of fused-ring (bicyclic) bond motifs is 1. The largest absolute Gasteiger partial charge is 0.299 e. The molecule has 3 unspecified atom stereocenters. The van der Waals surface area contributed by atoms with Crippen LogP contribution in [0.3, 0.4) is 0 Å². The highest BCUT2D eigenvalue weighted by molar-refractivity contribution is 5.82. The molecule has 2 saturated carbocycles. The van der Waals surface area contributed by atoms with Crippen molar-refractivity contribution in [3.05, 3.63) is 0 Å². The van der Waals surface area contributed by atoms with Crippen LogP contribution in [0.1, 0.15) is 39.0 Å². The number of rotatable bonds is 3. The molecule has 0 spiro atoms. The van der Waals surface area contributed by atoms with Crippen molar-refractivity contribution in [2.45, 2.75) is 39.0 Å². The molecule has 1 nitrogen and oxygen atoms in total. The molecule has 0 amide bonds. The van der Waals surface area contributed by atoms with Crippen molar-refractivity contribution in [2.24, 2.45) is 17.8 Å². The average Bonchev–Trinajstić information content (AvgIpc) is 2.63. The van der Waals surface area contributed by atoms with Gasteiger partial charge in [-0.25, -0.2) is 0 Å². The maximum Gasteiger partial charge on any atom is 0.136 e. The number of carbonyl (C=O) groups excluding carboxylic acids is 1. The average molecular weight is 152 g/mol. The van der Waals surface area contributed by atoms with Gasteiger partial charge in [0.25, 0.3) is 0 Å². The molecule has 0 bridgehead atoms. The molecule has 11 heavy (non-hydrogen) atoms. The van der Waals surface area contributed by atoms with Gasteiger partial charge in [0.05, 0.1) is 0 Å². The lowest BCUT2D eigenvalue weighted by Gasteiger charge is -2.08. The fourth-order valence-electron chi connectivity index (χ4n) is 2.54. The Bertz CT molecular complexity index is 174. The molecular weight excluding hydrogens is 136 g/mol. The molecule has 0 aromatic heterocycles. The normalized spacial score (nSPS) is 40.3. The molecule has 0 saturated heterocycles. The van der Waals surface area contributed by atoms with Gasteiger partial charge in [-0.3, -0.25) is 4.79 Å². The van der Waals surface area contributed by atoms with Crippen molar-refractivity contribution >= 4 is 5.78 Å². The van der Waals surface area contributed by atoms with Crippen LogP contribution in [0.25, 0.3) is 0 Å². The highest BCUT2D eigenvalue weighted by atomic mass is 16.1. The predicted molar refractivity (Wildman–Crippen MR) is 44.2 cm³/mol. The lowest BCUT2D eigenvalue weighted by atomic mass is 9.95. The Hall–Kier alpha value is -0.330. The number of ketones is 1. The number of carbonyl (C=O) groups is 1. The first-order valence-electron chi connectivity index (χ1n) is 4.85. The van der Waals surface area contributed by atoms with Crippen molar-refractivity contribution in [3.8, 4) is 0 Å². The third kappa shape index (κ3) is 1.21. The summed E-state index contributed by atoms with van der Waals surface area (Å²) in [6, 6.07) is 0. The van der Waals surface area contributed by atoms with Crippen molar-refractivity contribution in [3.63, 3.8) is 0 Å². The molecule has 0 aromatic rings. The first-order chi connectivity index (χ1) is 5.33. The van der Waals surface area contributed by atoms with E-state index in [1.165, 1.54) is 19.3 Å². The van der Waals surface area contributed by atoms with Crippen molar-refractivity contribution < 1.29 is 4.79 Å². The minimum absolute atomic E-state index is 0.486. The van der Waals surface area contributed by atoms with E-state index >= 15 is 0 Å². The monoisotopic (exact) mass is 152 g/mol. The summed E-state index contributed by atoms with van der Waals surface area (Å²) < 4.78 is 0. The van der Waals surface area contributed by atoms with E-state index < -0.39 is 0 Å². The van der Waals surface area contributed by atoms with Gasteiger partial charge in [-0.05, 0) is 37.5 Å². The molecule has 62 valence electrons. The molecule has 0 N–H and O–H groups in total. The van der Waals surface area contributed by atoms with Gasteiger partial charge in [-0.15, -0.1) is 0 Å². The van der Waals surface area contributed by atoms with Crippen LogP contribution < -0.4 is 0 Å². The summed E-state index contributed by atoms with van der Waals surface area (Å²) in [5, 5.41) is 0. The summed E-state index contributed by atoms with van der Waals surface area (Å²) in [6.45, 7) is 2.09. The van der Waals surface area contributed by atoms with Gasteiger partial charge in [0.1, 0.15) is 5.78 Å². The first kappa shape index (κ1) is 7.33. The smallest absolute Gasteiger partial charge is 0.136 e. The van der Waals surface area contributed by atoms with E-state index in [1.54, 1.807) is 0 Å². The fourth-order valence-corrected chi connectivity index (χ4v) is 2.54. The third-order valence-corrected chi connectivity index (χ3v) is 3.25. The summed E-state index contributed by atoms with van der Waals surface area (Å²) in [5.41, 5.74) is 0. The zero-order valence-corrected chi connectivity index (χ0v) is 7.18. The fraction of sp³-hybridized carbons (Fsp3) is 0.900. The summed E-state index contributed by atoms with van der Waals surface area (Å²) >= 11 is 0. The van der Waals surface area contributed by atoms with Gasteiger partial charge in [-0.2, -0.15) is 0 Å². The lowest BCUT2D eigenvalue weighted by Crippen LogP contribution is -2.13. The highest BCUT2D eigenvalue weighted by Gasteiger charge is 2.49. The van der Waals surface area contributed by atoms with E-state index in [9.17, 15) is 4.79 Å². The van der Waals surface area contributed by atoms with Crippen LogP contribution in [-0.4, -0.2) is 5.78 Å². The van der Waals surface area contributed by atoms with E-state index in [0.29, 0.717) is 11.7 Å². The summed E-state index contributed by atoms with van der Waals surface area (Å²) in [6.07, 6.45) is 5.76. The SMILES string of the molecule is CCCC(=O)C1CCC2CC21. The minimum Gasteiger partial charge on any atom is -0.299 e. The molecule has 0 aliphatic heterocycles. The van der Waals surface area contributed by atoms with E-state index in [-0.39, 0.29) is 0 Å². The third-order valence-electron chi connectivity index (χ3n) is 3.25. The Morgan fingerprint density at radius 2 is 2.27 bits per heavy atom. The Morgan fingerprint density at radius 3 is 2.73 bits per heavy atom. The molecule has 2 aliphatic carbocycles. The van der Waals surface area contributed by atoms with Crippen molar-refractivity contribution in [1.82, 2.24) is 0 Å². The number of hydrogen-bond donors (Lipinski definition) is 0. The molecule has 0 aromatic carbocycles. The number of hydrogen-bond acceptors (Lipinski definition) is 1. The van der Waals surface area contributed by atoms with Gasteiger partial charge in [0, 0.05) is 12.3 Å². The molecule has 2 fully saturated rings. The summed E-state index contributed by atoms with van der Waals surface area (Å²) in [5.74, 6) is 2.83. The van der Waals surface area contributed by atoms with E-state index in [2.05, 4.69) is 6.92 Å². The first-order valence-corrected chi connectivity index (χ1v) is 4.85. The standard InChI is InChI=1S/C10H16O/c1-2-3-10(11)8-5-4-7-6-9(7)8/h7-9H,2-6H2,1H3.